The van der Waals surface area contributed by atoms with Gasteiger partial charge in [0.25, 0.3) is 5.91 Å². The number of carbonyl (C=O) groups excluding carboxylic acids is 2. The first-order chi connectivity index (χ1) is 11.4. The van der Waals surface area contributed by atoms with Gasteiger partial charge in [-0.15, -0.1) is 0 Å². The number of hydrogen-bond donors (Lipinski definition) is 3. The van der Waals surface area contributed by atoms with Crippen molar-refractivity contribution >= 4 is 17.7 Å². The zero-order valence-electron chi connectivity index (χ0n) is 13.8. The molecular formula is C18H20N2O4. The molecule has 0 unspecified atom stereocenters. The molecule has 1 heterocycles. The predicted octanol–water partition coefficient (Wildman–Crippen LogP) is 2.64. The highest BCUT2D eigenvalue weighted by molar-refractivity contribution is 6.03. The molecule has 0 radical (unpaired) electrons. The van der Waals surface area contributed by atoms with Crippen LogP contribution in [0.5, 0.6) is 0 Å². The van der Waals surface area contributed by atoms with Gasteiger partial charge < -0.3 is 15.4 Å². The van der Waals surface area contributed by atoms with Gasteiger partial charge in [-0.1, -0.05) is 37.3 Å². The minimum absolute atomic E-state index is 0.127. The van der Waals surface area contributed by atoms with Gasteiger partial charge in [0.05, 0.1) is 0 Å². The van der Waals surface area contributed by atoms with Crippen molar-refractivity contribution < 1.29 is 19.5 Å². The van der Waals surface area contributed by atoms with Crippen molar-refractivity contribution in [3.05, 3.63) is 58.4 Å². The van der Waals surface area contributed by atoms with E-state index in [1.165, 1.54) is 6.92 Å². The Morgan fingerprint density at radius 3 is 2.33 bits per heavy atom. The highest BCUT2D eigenvalue weighted by Crippen LogP contribution is 2.21. The molecule has 0 aliphatic rings. The maximum atomic E-state index is 12.6. The van der Waals surface area contributed by atoms with Crippen LogP contribution in [0.3, 0.4) is 0 Å². The number of hydrogen-bond acceptors (Lipinski definition) is 3. The summed E-state index contributed by atoms with van der Waals surface area (Å²) in [7, 11) is 0. The molecule has 0 bridgehead atoms. The maximum Gasteiger partial charge on any atom is 0.330 e. The third kappa shape index (κ3) is 3.37. The molecule has 2 rings (SSSR count). The molecule has 1 aromatic carbocycles. The zero-order valence-corrected chi connectivity index (χ0v) is 13.8. The number of aliphatic carboxylic acids is 1. The first-order valence-corrected chi connectivity index (χ1v) is 7.67. The molecule has 3 N–H and O–H groups in total. The predicted molar refractivity (Wildman–Crippen MR) is 89.2 cm³/mol. The Balaban J connectivity index is 2.37. The van der Waals surface area contributed by atoms with E-state index in [4.69, 9.17) is 0 Å². The number of ketones is 1. The number of benzene rings is 1. The molecule has 0 saturated heterocycles. The summed E-state index contributed by atoms with van der Waals surface area (Å²) in [6.45, 7) is 5.01. The quantitative estimate of drug-likeness (QED) is 0.710. The first kappa shape index (κ1) is 17.5. The van der Waals surface area contributed by atoms with Crippen LogP contribution < -0.4 is 5.32 Å². The highest BCUT2D eigenvalue weighted by atomic mass is 16.4. The van der Waals surface area contributed by atoms with E-state index < -0.39 is 17.9 Å². The molecule has 6 heteroatoms. The second-order valence-electron chi connectivity index (χ2n) is 5.54. The number of amides is 1. The second-order valence-corrected chi connectivity index (χ2v) is 5.54. The molecule has 1 atom stereocenters. The summed E-state index contributed by atoms with van der Waals surface area (Å²) in [4.78, 5) is 38.8. The Morgan fingerprint density at radius 1 is 1.21 bits per heavy atom. The molecule has 0 saturated carbocycles. The van der Waals surface area contributed by atoms with Crippen LogP contribution in [-0.2, 0) is 11.2 Å². The molecule has 24 heavy (non-hydrogen) atoms. The van der Waals surface area contributed by atoms with Crippen LogP contribution in [-0.4, -0.2) is 27.8 Å². The Hall–Kier alpha value is -2.89. The van der Waals surface area contributed by atoms with Gasteiger partial charge in [-0.05, 0) is 31.4 Å². The van der Waals surface area contributed by atoms with Crippen LogP contribution in [0, 0.1) is 6.92 Å². The van der Waals surface area contributed by atoms with Crippen LogP contribution in [0.1, 0.15) is 57.6 Å². The summed E-state index contributed by atoms with van der Waals surface area (Å²) < 4.78 is 0. The summed E-state index contributed by atoms with van der Waals surface area (Å²) in [5, 5.41) is 11.9. The number of nitrogens with one attached hydrogen (secondary N) is 2. The van der Waals surface area contributed by atoms with Gasteiger partial charge in [-0.25, -0.2) is 4.79 Å². The number of H-pyrrole nitrogens is 1. The van der Waals surface area contributed by atoms with Crippen molar-refractivity contribution in [2.24, 2.45) is 0 Å². The Labute approximate surface area is 139 Å². The largest absolute Gasteiger partial charge is 0.479 e. The van der Waals surface area contributed by atoms with Crippen molar-refractivity contribution in [1.29, 1.82) is 0 Å². The fraction of sp³-hybridized carbons (Fsp3) is 0.278. The fourth-order valence-electron chi connectivity index (χ4n) is 2.84. The van der Waals surface area contributed by atoms with E-state index in [-0.39, 0.29) is 11.5 Å². The lowest BCUT2D eigenvalue weighted by Crippen LogP contribution is -2.34. The third-order valence-electron chi connectivity index (χ3n) is 3.88. The van der Waals surface area contributed by atoms with Crippen molar-refractivity contribution in [2.75, 3.05) is 0 Å². The Kier molecular flexibility index (Phi) is 5.18. The number of aromatic nitrogens is 1. The van der Waals surface area contributed by atoms with E-state index in [9.17, 15) is 19.5 Å². The van der Waals surface area contributed by atoms with Crippen molar-refractivity contribution in [1.82, 2.24) is 10.3 Å². The molecule has 126 valence electrons. The van der Waals surface area contributed by atoms with Crippen molar-refractivity contribution in [3.8, 4) is 0 Å². The van der Waals surface area contributed by atoms with Gasteiger partial charge in [0.2, 0.25) is 0 Å². The van der Waals surface area contributed by atoms with Gasteiger partial charge >= 0.3 is 5.97 Å². The van der Waals surface area contributed by atoms with Gasteiger partial charge in [0.15, 0.2) is 11.8 Å². The second kappa shape index (κ2) is 7.12. The standard InChI is InChI=1S/C18H20N2O4/c1-4-13-14(11(3)21)10(2)19-16(13)17(22)20-15(18(23)24)12-8-6-5-7-9-12/h5-9,15,19H,4H2,1-3H3,(H,20,22)(H,23,24)/t15-/m0/s1. The van der Waals surface area contributed by atoms with Gasteiger partial charge in [0.1, 0.15) is 5.69 Å². The monoisotopic (exact) mass is 328 g/mol. The van der Waals surface area contributed by atoms with Crippen molar-refractivity contribution in [3.63, 3.8) is 0 Å². The average Bonchev–Trinajstić information content (AvgIpc) is 2.89. The molecule has 2 aromatic rings. The SMILES string of the molecule is CCc1c(C(=O)N[C@H](C(=O)O)c2ccccc2)[nH]c(C)c1C(C)=O. The normalized spacial score (nSPS) is 11.8. The lowest BCUT2D eigenvalue weighted by molar-refractivity contribution is -0.139. The lowest BCUT2D eigenvalue weighted by atomic mass is 10.0. The van der Waals surface area contributed by atoms with Gasteiger partial charge in [-0.3, -0.25) is 9.59 Å². The van der Waals surface area contributed by atoms with E-state index in [1.54, 1.807) is 37.3 Å². The van der Waals surface area contributed by atoms with E-state index in [0.717, 1.165) is 0 Å². The third-order valence-corrected chi connectivity index (χ3v) is 3.88. The number of rotatable bonds is 6. The number of aryl methyl sites for hydroxylation is 1. The van der Waals surface area contributed by atoms with Crippen LogP contribution in [0.25, 0.3) is 0 Å². The molecule has 0 fully saturated rings. The van der Waals surface area contributed by atoms with E-state index in [2.05, 4.69) is 10.3 Å². The Morgan fingerprint density at radius 2 is 1.83 bits per heavy atom. The lowest BCUT2D eigenvalue weighted by Gasteiger charge is -2.15. The molecule has 1 amide bonds. The minimum Gasteiger partial charge on any atom is -0.479 e. The summed E-state index contributed by atoms with van der Waals surface area (Å²) in [5.41, 5.74) is 2.42. The molecule has 0 spiro atoms. The van der Waals surface area contributed by atoms with Crippen molar-refractivity contribution in [2.45, 2.75) is 33.2 Å². The van der Waals surface area contributed by atoms with Crippen LogP contribution in [0.15, 0.2) is 30.3 Å². The molecule has 1 aromatic heterocycles. The first-order valence-electron chi connectivity index (χ1n) is 7.67. The van der Waals surface area contributed by atoms with E-state index in [0.29, 0.717) is 28.8 Å². The summed E-state index contributed by atoms with van der Waals surface area (Å²) in [6, 6.07) is 7.31. The molecule has 0 aliphatic carbocycles. The fourth-order valence-corrected chi connectivity index (χ4v) is 2.84. The smallest absolute Gasteiger partial charge is 0.330 e. The topological polar surface area (TPSA) is 99.3 Å². The van der Waals surface area contributed by atoms with E-state index >= 15 is 0 Å². The average molecular weight is 328 g/mol. The number of aromatic amines is 1. The summed E-state index contributed by atoms with van der Waals surface area (Å²) >= 11 is 0. The number of carboxylic acid groups (broad SMARTS) is 1. The van der Waals surface area contributed by atoms with Gasteiger partial charge in [0, 0.05) is 11.3 Å². The number of Topliss-reactive ketones (excluding diaryl/α,β-unsaturated/α-hetero) is 1. The molecule has 0 aliphatic heterocycles. The minimum atomic E-state index is -1.16. The summed E-state index contributed by atoms with van der Waals surface area (Å²) in [6.07, 6.45) is 0.491. The molecular weight excluding hydrogens is 308 g/mol. The van der Waals surface area contributed by atoms with Crippen LogP contribution in [0.4, 0.5) is 0 Å². The molecule has 6 nitrogen and oxygen atoms in total. The van der Waals surface area contributed by atoms with Crippen LogP contribution >= 0.6 is 0 Å². The maximum absolute atomic E-state index is 12.6. The number of carboxylic acids is 1. The highest BCUT2D eigenvalue weighted by Gasteiger charge is 2.26. The van der Waals surface area contributed by atoms with Gasteiger partial charge in [-0.2, -0.15) is 0 Å². The van der Waals surface area contributed by atoms with Crippen LogP contribution in [0.2, 0.25) is 0 Å². The Bertz CT molecular complexity index is 778. The zero-order chi connectivity index (χ0) is 17.9. The summed E-state index contributed by atoms with van der Waals surface area (Å²) in [5.74, 6) is -1.82. The number of carbonyl (C=O) groups is 3. The van der Waals surface area contributed by atoms with E-state index in [1.807, 2.05) is 6.92 Å².